The van der Waals surface area contributed by atoms with Crippen molar-refractivity contribution >= 4 is 23.5 Å². The summed E-state index contributed by atoms with van der Waals surface area (Å²) in [6, 6.07) is 4.68. The van der Waals surface area contributed by atoms with Crippen molar-refractivity contribution in [3.05, 3.63) is 51.5 Å². The third kappa shape index (κ3) is 4.66. The number of amides is 1. The van der Waals surface area contributed by atoms with Gasteiger partial charge in [-0.3, -0.25) is 4.79 Å². The van der Waals surface area contributed by atoms with Gasteiger partial charge >= 0.3 is 6.18 Å². The molecule has 0 saturated heterocycles. The van der Waals surface area contributed by atoms with Crippen LogP contribution in [0.1, 0.15) is 21.8 Å². The van der Waals surface area contributed by atoms with E-state index in [2.05, 4.69) is 15.5 Å². The number of benzene rings is 1. The Bertz CT molecular complexity index is 695. The predicted octanol–water partition coefficient (Wildman–Crippen LogP) is 3.16. The fourth-order valence-corrected chi connectivity index (χ4v) is 2.41. The van der Waals surface area contributed by atoms with Crippen LogP contribution in [0.4, 0.5) is 13.2 Å². The van der Waals surface area contributed by atoms with Crippen LogP contribution in [0.3, 0.4) is 0 Å². The molecule has 2 rings (SSSR count). The molecular formula is C14H12F3N3OS. The second kappa shape index (κ2) is 6.69. The summed E-state index contributed by atoms with van der Waals surface area (Å²) in [6.07, 6.45) is -3.16. The summed E-state index contributed by atoms with van der Waals surface area (Å²) in [6.45, 7) is 1.82. The van der Waals surface area contributed by atoms with E-state index >= 15 is 0 Å². The lowest BCUT2D eigenvalue weighted by atomic mass is 10.1. The number of hydrogen-bond acceptors (Lipinski definition) is 4. The summed E-state index contributed by atoms with van der Waals surface area (Å²) in [5, 5.41) is 6.14. The van der Waals surface area contributed by atoms with Gasteiger partial charge in [-0.25, -0.2) is 10.4 Å². The Morgan fingerprint density at radius 1 is 1.45 bits per heavy atom. The largest absolute Gasteiger partial charge is 0.416 e. The van der Waals surface area contributed by atoms with E-state index in [9.17, 15) is 18.0 Å². The fraction of sp³-hybridized carbons (Fsp3) is 0.214. The van der Waals surface area contributed by atoms with E-state index < -0.39 is 11.7 Å². The smallest absolute Gasteiger partial charge is 0.273 e. The van der Waals surface area contributed by atoms with Gasteiger partial charge in [0.05, 0.1) is 18.2 Å². The number of thiazole rings is 1. The first-order valence-corrected chi connectivity index (χ1v) is 7.13. The molecule has 0 atom stereocenters. The third-order valence-corrected chi connectivity index (χ3v) is 3.56. The van der Waals surface area contributed by atoms with E-state index in [4.69, 9.17) is 0 Å². The molecule has 1 aromatic heterocycles. The van der Waals surface area contributed by atoms with Crippen LogP contribution >= 0.6 is 11.3 Å². The van der Waals surface area contributed by atoms with Gasteiger partial charge in [0.1, 0.15) is 5.01 Å². The molecule has 22 heavy (non-hydrogen) atoms. The van der Waals surface area contributed by atoms with Gasteiger partial charge < -0.3 is 0 Å². The average Bonchev–Trinajstić information content (AvgIpc) is 2.83. The molecule has 0 spiro atoms. The van der Waals surface area contributed by atoms with Gasteiger partial charge in [0.2, 0.25) is 5.91 Å². The Morgan fingerprint density at radius 3 is 2.86 bits per heavy atom. The standard InChI is InChI=1S/C14H12F3N3OS/c1-9-8-22-13(19-9)6-12(21)20-18-7-10-3-2-4-11(5-10)14(15,16)17/h2-5,7-8H,6H2,1H3,(H,20,21)/b18-7-. The first-order valence-electron chi connectivity index (χ1n) is 6.25. The zero-order valence-electron chi connectivity index (χ0n) is 11.5. The number of nitrogens with zero attached hydrogens (tertiary/aromatic N) is 2. The number of hydrogen-bond donors (Lipinski definition) is 1. The number of carbonyl (C=O) groups is 1. The average molecular weight is 327 g/mol. The minimum absolute atomic E-state index is 0.0818. The van der Waals surface area contributed by atoms with Crippen molar-refractivity contribution < 1.29 is 18.0 Å². The van der Waals surface area contributed by atoms with E-state index in [0.29, 0.717) is 5.01 Å². The van der Waals surface area contributed by atoms with Crippen molar-refractivity contribution in [3.63, 3.8) is 0 Å². The van der Waals surface area contributed by atoms with Gasteiger partial charge in [0.15, 0.2) is 0 Å². The summed E-state index contributed by atoms with van der Waals surface area (Å²) >= 11 is 1.36. The lowest BCUT2D eigenvalue weighted by Gasteiger charge is -2.06. The monoisotopic (exact) mass is 327 g/mol. The van der Waals surface area contributed by atoms with Crippen molar-refractivity contribution in [2.45, 2.75) is 19.5 Å². The number of nitrogens with one attached hydrogen (secondary N) is 1. The predicted molar refractivity (Wildman–Crippen MR) is 77.7 cm³/mol. The normalized spacial score (nSPS) is 11.8. The van der Waals surface area contributed by atoms with Gasteiger partial charge in [-0.2, -0.15) is 18.3 Å². The van der Waals surface area contributed by atoms with Crippen LogP contribution in [0.15, 0.2) is 34.7 Å². The van der Waals surface area contributed by atoms with E-state index in [-0.39, 0.29) is 17.9 Å². The molecule has 1 aromatic carbocycles. The second-order valence-corrected chi connectivity index (χ2v) is 5.42. The lowest BCUT2D eigenvalue weighted by Crippen LogP contribution is -2.19. The number of hydrazone groups is 1. The molecular weight excluding hydrogens is 315 g/mol. The van der Waals surface area contributed by atoms with Crippen molar-refractivity contribution in [2.75, 3.05) is 0 Å². The minimum Gasteiger partial charge on any atom is -0.273 e. The van der Waals surface area contributed by atoms with Crippen LogP contribution < -0.4 is 5.43 Å². The topological polar surface area (TPSA) is 54.4 Å². The highest BCUT2D eigenvalue weighted by Crippen LogP contribution is 2.29. The van der Waals surface area contributed by atoms with Crippen molar-refractivity contribution in [1.29, 1.82) is 0 Å². The number of aromatic nitrogens is 1. The summed E-state index contributed by atoms with van der Waals surface area (Å²) in [5.41, 5.74) is 2.58. The maximum Gasteiger partial charge on any atom is 0.416 e. The van der Waals surface area contributed by atoms with E-state index in [1.165, 1.54) is 29.7 Å². The van der Waals surface area contributed by atoms with Gasteiger partial charge in [-0.1, -0.05) is 12.1 Å². The molecule has 0 radical (unpaired) electrons. The Morgan fingerprint density at radius 2 is 2.23 bits per heavy atom. The molecule has 0 aliphatic carbocycles. The zero-order valence-corrected chi connectivity index (χ0v) is 12.3. The molecule has 0 aliphatic rings. The number of halogens is 3. The van der Waals surface area contributed by atoms with Gasteiger partial charge in [0.25, 0.3) is 0 Å². The summed E-state index contributed by atoms with van der Waals surface area (Å²) in [5.74, 6) is -0.377. The Labute approximate surface area is 128 Å². The zero-order chi connectivity index (χ0) is 16.2. The molecule has 8 heteroatoms. The van der Waals surface area contributed by atoms with Crippen LogP contribution in [0.5, 0.6) is 0 Å². The molecule has 0 saturated carbocycles. The Kier molecular flexibility index (Phi) is 4.92. The third-order valence-electron chi connectivity index (χ3n) is 2.60. The van der Waals surface area contributed by atoms with Crippen LogP contribution in [0.2, 0.25) is 0 Å². The molecule has 116 valence electrons. The number of carbonyl (C=O) groups excluding carboxylic acids is 1. The molecule has 1 N–H and O–H groups in total. The lowest BCUT2D eigenvalue weighted by molar-refractivity contribution is -0.137. The SMILES string of the molecule is Cc1csc(CC(=O)N/N=C\c2cccc(C(F)(F)F)c2)n1. The molecule has 4 nitrogen and oxygen atoms in total. The molecule has 0 bridgehead atoms. The summed E-state index contributed by atoms with van der Waals surface area (Å²) in [7, 11) is 0. The van der Waals surface area contributed by atoms with Crippen LogP contribution in [0, 0.1) is 6.92 Å². The van der Waals surface area contributed by atoms with E-state index in [0.717, 1.165) is 17.8 Å². The Hall–Kier alpha value is -2.22. The highest BCUT2D eigenvalue weighted by Gasteiger charge is 2.30. The number of alkyl halides is 3. The van der Waals surface area contributed by atoms with Crippen molar-refractivity contribution in [1.82, 2.24) is 10.4 Å². The van der Waals surface area contributed by atoms with E-state index in [1.54, 1.807) is 0 Å². The first kappa shape index (κ1) is 16.2. The number of rotatable bonds is 4. The van der Waals surface area contributed by atoms with Crippen molar-refractivity contribution in [2.24, 2.45) is 5.10 Å². The Balaban J connectivity index is 1.93. The molecule has 2 aromatic rings. The molecule has 0 aliphatic heterocycles. The number of aryl methyl sites for hydroxylation is 1. The highest BCUT2D eigenvalue weighted by atomic mass is 32.1. The maximum atomic E-state index is 12.5. The van der Waals surface area contributed by atoms with Crippen LogP contribution in [0.25, 0.3) is 0 Å². The van der Waals surface area contributed by atoms with Gasteiger partial charge in [-0.15, -0.1) is 11.3 Å². The second-order valence-electron chi connectivity index (χ2n) is 4.48. The summed E-state index contributed by atoms with van der Waals surface area (Å²) < 4.78 is 37.6. The fourth-order valence-electron chi connectivity index (χ4n) is 1.63. The molecule has 1 heterocycles. The minimum atomic E-state index is -4.41. The molecule has 0 unspecified atom stereocenters. The van der Waals surface area contributed by atoms with E-state index in [1.807, 2.05) is 12.3 Å². The maximum absolute atomic E-state index is 12.5. The van der Waals surface area contributed by atoms with Gasteiger partial charge in [-0.05, 0) is 24.6 Å². The quantitative estimate of drug-likeness (QED) is 0.693. The molecule has 1 amide bonds. The van der Waals surface area contributed by atoms with Crippen LogP contribution in [-0.2, 0) is 17.4 Å². The highest BCUT2D eigenvalue weighted by molar-refractivity contribution is 7.09. The van der Waals surface area contributed by atoms with Crippen molar-refractivity contribution in [3.8, 4) is 0 Å². The summed E-state index contributed by atoms with van der Waals surface area (Å²) in [4.78, 5) is 15.7. The van der Waals surface area contributed by atoms with Gasteiger partial charge in [0, 0.05) is 11.1 Å². The molecule has 0 fully saturated rings. The first-order chi connectivity index (χ1) is 10.3. The van der Waals surface area contributed by atoms with Crippen LogP contribution in [-0.4, -0.2) is 17.1 Å².